The second-order valence-corrected chi connectivity index (χ2v) is 14.8. The number of rotatable bonds is 14. The van der Waals surface area contributed by atoms with E-state index in [1.807, 2.05) is 4.72 Å². The number of carbonyl (C=O) groups is 4. The summed E-state index contributed by atoms with van der Waals surface area (Å²) in [5.41, 5.74) is -0.352. The Morgan fingerprint density at radius 2 is 1.69 bits per heavy atom. The molecule has 1 unspecified atom stereocenters. The molecule has 2 N–H and O–H groups in total. The number of methoxy groups -OCH3 is 2. The van der Waals surface area contributed by atoms with Gasteiger partial charge in [0.05, 0.1) is 50.3 Å². The minimum Gasteiger partial charge on any atom is -0.491 e. The van der Waals surface area contributed by atoms with Gasteiger partial charge in [-0.3, -0.25) is 34.3 Å². The van der Waals surface area contributed by atoms with Crippen LogP contribution in [-0.2, 0) is 30.5 Å². The first kappa shape index (κ1) is 40.1. The van der Waals surface area contributed by atoms with Gasteiger partial charge in [0.1, 0.15) is 23.3 Å². The fourth-order valence-electron chi connectivity index (χ4n) is 6.85. The fraction of sp³-hybridized carbons (Fsp3) is 0.400. The normalized spacial score (nSPS) is 17.8. The van der Waals surface area contributed by atoms with E-state index >= 15 is 0 Å². The van der Waals surface area contributed by atoms with Gasteiger partial charge in [0.2, 0.25) is 17.5 Å². The summed E-state index contributed by atoms with van der Waals surface area (Å²) in [5, 5.41) is 6.15. The van der Waals surface area contributed by atoms with Gasteiger partial charge in [-0.2, -0.15) is 27.7 Å². The number of nitrogens with one attached hydrogen (secondary N) is 2. The molecule has 0 saturated carbocycles. The molecule has 0 aliphatic carbocycles. The highest BCUT2D eigenvalue weighted by Gasteiger charge is 2.45. The van der Waals surface area contributed by atoms with Gasteiger partial charge in [0.25, 0.3) is 27.8 Å². The van der Waals surface area contributed by atoms with Crippen LogP contribution in [0.1, 0.15) is 39.1 Å². The highest BCUT2D eigenvalue weighted by atomic mass is 32.2. The molecule has 2 saturated heterocycles. The summed E-state index contributed by atoms with van der Waals surface area (Å²) in [6.45, 7) is 2.84. The average molecular weight is 832 g/mol. The SMILES string of the molecule is COc1cnc(OC)n2nc(NS(=O)(=O)c3c(OCCOCCN4CCN(c5ccc6c(c5)C(=O)N(C5CCC(=O)NC5=O)C6=O)CC4)cccc3C(F)(F)F)nc12. The van der Waals surface area contributed by atoms with E-state index < -0.39 is 68.0 Å². The molecule has 23 heteroatoms. The van der Waals surface area contributed by atoms with Crippen molar-refractivity contribution in [3.63, 3.8) is 0 Å². The lowest BCUT2D eigenvalue weighted by atomic mass is 10.0. The Balaban J connectivity index is 0.916. The summed E-state index contributed by atoms with van der Waals surface area (Å²) in [6, 6.07) is 6.55. The molecule has 3 aliphatic rings. The molecule has 1 atom stereocenters. The van der Waals surface area contributed by atoms with Crippen molar-refractivity contribution in [1.29, 1.82) is 0 Å². The van der Waals surface area contributed by atoms with Crippen LogP contribution in [0.2, 0.25) is 0 Å². The maximum atomic E-state index is 14.1. The zero-order chi connectivity index (χ0) is 41.4. The number of halogens is 3. The molecule has 19 nitrogen and oxygen atoms in total. The third-order valence-corrected chi connectivity index (χ3v) is 11.1. The quantitative estimate of drug-likeness (QED) is 0.136. The van der Waals surface area contributed by atoms with Crippen molar-refractivity contribution in [3.05, 3.63) is 59.3 Å². The standard InChI is InChI=1S/C35H36F3N9O10S/c1-54-26-19-39-34(55-2)47-29(26)41-33(42-47)43-58(52,53)28-23(35(36,37)38)4-3-5-25(28)57-17-16-56-15-14-44-10-12-45(13-11-44)20-6-7-21-22(18-20)32(51)46(31(21)50)24-8-9-27(48)40-30(24)49/h3-7,18-19,24H,8-17H2,1-2H3,(H,42,43)(H,40,48,49). The van der Waals surface area contributed by atoms with Gasteiger partial charge >= 0.3 is 12.2 Å². The summed E-state index contributed by atoms with van der Waals surface area (Å²) in [4.78, 5) is 62.2. The van der Waals surface area contributed by atoms with E-state index in [2.05, 4.69) is 30.2 Å². The first-order valence-corrected chi connectivity index (χ1v) is 19.3. The van der Waals surface area contributed by atoms with Crippen molar-refractivity contribution in [2.24, 2.45) is 0 Å². The molecule has 0 bridgehead atoms. The van der Waals surface area contributed by atoms with Crippen LogP contribution in [-0.4, -0.2) is 134 Å². The van der Waals surface area contributed by atoms with Crippen molar-refractivity contribution >= 4 is 50.9 Å². The maximum absolute atomic E-state index is 14.1. The molecule has 58 heavy (non-hydrogen) atoms. The van der Waals surface area contributed by atoms with Crippen LogP contribution >= 0.6 is 0 Å². The molecule has 2 aromatic heterocycles. The van der Waals surface area contributed by atoms with E-state index in [-0.39, 0.29) is 61.2 Å². The number of aromatic nitrogens is 4. The predicted octanol–water partition coefficient (Wildman–Crippen LogP) is 1.58. The Hall–Kier alpha value is -6.07. The van der Waals surface area contributed by atoms with Gasteiger partial charge in [-0.25, -0.2) is 13.1 Å². The lowest BCUT2D eigenvalue weighted by molar-refractivity contribution is -0.140. The number of amides is 4. The number of piperidine rings is 1. The van der Waals surface area contributed by atoms with Gasteiger partial charge in [-0.05, 0) is 36.8 Å². The molecule has 2 fully saturated rings. The van der Waals surface area contributed by atoms with Crippen LogP contribution in [0.3, 0.4) is 0 Å². The second-order valence-electron chi connectivity index (χ2n) is 13.2. The van der Waals surface area contributed by atoms with Crippen molar-refractivity contribution in [2.75, 3.05) is 76.4 Å². The Labute approximate surface area is 328 Å². The van der Waals surface area contributed by atoms with Crippen molar-refractivity contribution in [1.82, 2.24) is 34.7 Å². The number of fused-ring (bicyclic) bond motifs is 2. The van der Waals surface area contributed by atoms with Crippen molar-refractivity contribution in [2.45, 2.75) is 30.0 Å². The average Bonchev–Trinajstić information content (AvgIpc) is 3.72. The highest BCUT2D eigenvalue weighted by molar-refractivity contribution is 7.92. The number of benzene rings is 2. The first-order chi connectivity index (χ1) is 27.7. The van der Waals surface area contributed by atoms with E-state index in [1.54, 1.807) is 18.2 Å². The number of imide groups is 2. The highest BCUT2D eigenvalue weighted by Crippen LogP contribution is 2.39. The molecule has 2 aromatic carbocycles. The summed E-state index contributed by atoms with van der Waals surface area (Å²) in [6.07, 6.45) is -3.72. The molecule has 7 rings (SSSR count). The number of hydrogen-bond acceptors (Lipinski definition) is 15. The predicted molar refractivity (Wildman–Crippen MR) is 194 cm³/mol. The number of sulfonamides is 1. The Kier molecular flexibility index (Phi) is 11.1. The van der Waals surface area contributed by atoms with Crippen LogP contribution in [0.15, 0.2) is 47.5 Å². The molecule has 3 aliphatic heterocycles. The molecule has 0 spiro atoms. The minimum atomic E-state index is -5.07. The molecule has 0 radical (unpaired) electrons. The summed E-state index contributed by atoms with van der Waals surface area (Å²) in [5.74, 6) is -3.33. The Morgan fingerprint density at radius 3 is 2.40 bits per heavy atom. The summed E-state index contributed by atoms with van der Waals surface area (Å²) >= 11 is 0. The molecule has 4 amide bonds. The van der Waals surface area contributed by atoms with Gasteiger partial charge in [0, 0.05) is 44.8 Å². The van der Waals surface area contributed by atoms with Gasteiger partial charge in [0.15, 0.2) is 5.75 Å². The monoisotopic (exact) mass is 831 g/mol. The molecule has 5 heterocycles. The van der Waals surface area contributed by atoms with Crippen LogP contribution in [0.4, 0.5) is 24.8 Å². The van der Waals surface area contributed by atoms with Gasteiger partial charge in [-0.15, -0.1) is 5.10 Å². The van der Waals surface area contributed by atoms with E-state index in [0.29, 0.717) is 38.8 Å². The second kappa shape index (κ2) is 16.1. The third kappa shape index (κ3) is 7.91. The van der Waals surface area contributed by atoms with Crippen molar-refractivity contribution in [3.8, 4) is 17.5 Å². The number of alkyl halides is 3. The number of hydrogen-bond donors (Lipinski definition) is 2. The lowest BCUT2D eigenvalue weighted by Crippen LogP contribution is -2.54. The smallest absolute Gasteiger partial charge is 0.417 e. The minimum absolute atomic E-state index is 0.0104. The fourth-order valence-corrected chi connectivity index (χ4v) is 8.14. The Morgan fingerprint density at radius 1 is 0.931 bits per heavy atom. The molecule has 308 valence electrons. The topological polar surface area (TPSA) is 216 Å². The number of carbonyl (C=O) groups excluding carboxylic acids is 4. The van der Waals surface area contributed by atoms with Crippen molar-refractivity contribution < 1.29 is 59.7 Å². The zero-order valence-corrected chi connectivity index (χ0v) is 31.8. The number of piperazine rings is 1. The number of nitrogens with zero attached hydrogens (tertiary/aromatic N) is 7. The van der Waals surface area contributed by atoms with E-state index in [4.69, 9.17) is 18.9 Å². The molecular formula is C35H36F3N9O10S. The van der Waals surface area contributed by atoms with Crippen LogP contribution in [0.25, 0.3) is 5.65 Å². The summed E-state index contributed by atoms with van der Waals surface area (Å²) in [7, 11) is -2.40. The molecule has 4 aromatic rings. The Bertz CT molecular complexity index is 2350. The largest absolute Gasteiger partial charge is 0.491 e. The summed E-state index contributed by atoms with van der Waals surface area (Å²) < 4.78 is 93.9. The van der Waals surface area contributed by atoms with E-state index in [0.717, 1.165) is 27.2 Å². The van der Waals surface area contributed by atoms with Gasteiger partial charge < -0.3 is 23.8 Å². The first-order valence-electron chi connectivity index (χ1n) is 17.8. The maximum Gasteiger partial charge on any atom is 0.417 e. The number of ether oxygens (including phenoxy) is 4. The van der Waals surface area contributed by atoms with Gasteiger partial charge in [-0.1, -0.05) is 6.07 Å². The zero-order valence-electron chi connectivity index (χ0n) is 30.9. The molecular weight excluding hydrogens is 795 g/mol. The number of anilines is 2. The van der Waals surface area contributed by atoms with Crippen LogP contribution in [0.5, 0.6) is 17.5 Å². The van der Waals surface area contributed by atoms with Crippen LogP contribution in [0, 0.1) is 0 Å². The van der Waals surface area contributed by atoms with E-state index in [9.17, 15) is 40.8 Å². The van der Waals surface area contributed by atoms with Crippen LogP contribution < -0.4 is 29.1 Å². The van der Waals surface area contributed by atoms with E-state index in [1.165, 1.54) is 20.4 Å². The third-order valence-electron chi connectivity index (χ3n) is 9.68. The lowest BCUT2D eigenvalue weighted by Gasteiger charge is -2.36.